The first kappa shape index (κ1) is 9.98. The molecule has 0 N–H and O–H groups in total. The van der Waals surface area contributed by atoms with E-state index in [9.17, 15) is 9.90 Å². The minimum Gasteiger partial charge on any atom is -0.550 e. The van der Waals surface area contributed by atoms with E-state index >= 15 is 0 Å². The minimum atomic E-state index is -1.46. The van der Waals surface area contributed by atoms with Gasteiger partial charge in [0.25, 0.3) is 6.16 Å². The van der Waals surface area contributed by atoms with Gasteiger partial charge in [-0.1, -0.05) is 0 Å². The summed E-state index contributed by atoms with van der Waals surface area (Å²) < 4.78 is 3.85. The van der Waals surface area contributed by atoms with E-state index < -0.39 is 6.16 Å². The molecule has 0 saturated heterocycles. The Labute approximate surface area is 53.8 Å². The van der Waals surface area contributed by atoms with Crippen molar-refractivity contribution in [2.24, 2.45) is 0 Å². The third-order valence-corrected chi connectivity index (χ3v) is 0.262. The Bertz CT molecular complexity index is 54.1. The monoisotopic (exact) mass is 96.0 g/mol. The van der Waals surface area contributed by atoms with Crippen molar-refractivity contribution in [3.63, 3.8) is 0 Å². The smallest absolute Gasteiger partial charge is 0.550 e. The molecule has 36 valence electrons. The van der Waals surface area contributed by atoms with E-state index in [0.29, 0.717) is 0 Å². The van der Waals surface area contributed by atoms with Crippen LogP contribution in [-0.2, 0) is 4.74 Å². The molecule has 0 aliphatic rings. The minimum absolute atomic E-state index is 0. The molecule has 0 saturated carbocycles. The third kappa shape index (κ3) is 10.7. The summed E-state index contributed by atoms with van der Waals surface area (Å²) in [5.41, 5.74) is 0. The maximum absolute atomic E-state index is 9.27. The average molecular weight is 96.0 g/mol. The number of carbonyl (C=O) groups is 1. The Hall–Kier alpha value is -0.133. The Morgan fingerprint density at radius 1 is 1.86 bits per heavy atom. The SMILES string of the molecule is CCOC(=O)[O-].[Li+]. The second-order valence-electron chi connectivity index (χ2n) is 0.683. The molecule has 0 aromatic carbocycles. The second kappa shape index (κ2) is 5.87. The van der Waals surface area contributed by atoms with E-state index in [2.05, 4.69) is 4.74 Å². The van der Waals surface area contributed by atoms with E-state index in [1.165, 1.54) is 0 Å². The van der Waals surface area contributed by atoms with Crippen molar-refractivity contribution in [1.82, 2.24) is 0 Å². The molecular formula is C3H5LiO3. The molecule has 0 aliphatic carbocycles. The van der Waals surface area contributed by atoms with Gasteiger partial charge in [-0.05, 0) is 6.92 Å². The van der Waals surface area contributed by atoms with Gasteiger partial charge >= 0.3 is 18.9 Å². The fraction of sp³-hybridized carbons (Fsp3) is 0.667. The van der Waals surface area contributed by atoms with Crippen LogP contribution >= 0.6 is 0 Å². The van der Waals surface area contributed by atoms with Crippen molar-refractivity contribution < 1.29 is 33.5 Å². The van der Waals surface area contributed by atoms with Crippen LogP contribution in [0.15, 0.2) is 0 Å². The van der Waals surface area contributed by atoms with E-state index in [1.807, 2.05) is 0 Å². The summed E-state index contributed by atoms with van der Waals surface area (Å²) in [6.45, 7) is 1.75. The predicted molar refractivity (Wildman–Crippen MR) is 17.0 cm³/mol. The molecule has 0 unspecified atom stereocenters. The summed E-state index contributed by atoms with van der Waals surface area (Å²) >= 11 is 0. The summed E-state index contributed by atoms with van der Waals surface area (Å²) in [6, 6.07) is 0. The van der Waals surface area contributed by atoms with Crippen LogP contribution in [0, 0.1) is 0 Å². The van der Waals surface area contributed by atoms with E-state index in [-0.39, 0.29) is 25.5 Å². The number of ether oxygens (including phenoxy) is 1. The Balaban J connectivity index is 0. The Kier molecular flexibility index (Phi) is 8.36. The van der Waals surface area contributed by atoms with Crippen molar-refractivity contribution in [3.05, 3.63) is 0 Å². The van der Waals surface area contributed by atoms with E-state index in [1.54, 1.807) is 6.92 Å². The Morgan fingerprint density at radius 2 is 2.29 bits per heavy atom. The molecule has 0 spiro atoms. The van der Waals surface area contributed by atoms with Crippen LogP contribution in [0.25, 0.3) is 0 Å². The maximum atomic E-state index is 9.27. The maximum Gasteiger partial charge on any atom is 1.00 e. The van der Waals surface area contributed by atoms with Crippen molar-refractivity contribution in [1.29, 1.82) is 0 Å². The normalized spacial score (nSPS) is 6.43. The van der Waals surface area contributed by atoms with Crippen molar-refractivity contribution >= 4 is 6.16 Å². The van der Waals surface area contributed by atoms with Crippen LogP contribution in [0.5, 0.6) is 0 Å². The zero-order chi connectivity index (χ0) is 4.99. The molecule has 3 nitrogen and oxygen atoms in total. The van der Waals surface area contributed by atoms with Gasteiger partial charge in [0.1, 0.15) is 0 Å². The van der Waals surface area contributed by atoms with Gasteiger partial charge in [-0.15, -0.1) is 0 Å². The van der Waals surface area contributed by atoms with Crippen LogP contribution in [0.1, 0.15) is 6.92 Å². The van der Waals surface area contributed by atoms with E-state index in [0.717, 1.165) is 0 Å². The molecule has 0 heterocycles. The summed E-state index contributed by atoms with van der Waals surface area (Å²) in [6.07, 6.45) is -1.46. The molecule has 0 aromatic heterocycles. The van der Waals surface area contributed by atoms with Crippen molar-refractivity contribution in [3.8, 4) is 0 Å². The van der Waals surface area contributed by atoms with Crippen LogP contribution in [0.4, 0.5) is 4.79 Å². The van der Waals surface area contributed by atoms with Gasteiger partial charge in [0.2, 0.25) is 0 Å². The summed E-state index contributed by atoms with van der Waals surface area (Å²) in [4.78, 5) is 9.27. The standard InChI is InChI=1S/C3H6O3.Li/c1-2-6-3(4)5;/h2H2,1H3,(H,4,5);/q;+1/p-1. The molecule has 0 fully saturated rings. The van der Waals surface area contributed by atoms with Crippen molar-refractivity contribution in [2.75, 3.05) is 6.61 Å². The molecule has 0 aromatic rings. The largest absolute Gasteiger partial charge is 1.00 e. The van der Waals surface area contributed by atoms with Gasteiger partial charge in [-0.25, -0.2) is 0 Å². The van der Waals surface area contributed by atoms with Crippen LogP contribution in [0.3, 0.4) is 0 Å². The molecule has 0 bridgehead atoms. The predicted octanol–water partition coefficient (Wildman–Crippen LogP) is -3.63. The third-order valence-electron chi connectivity index (χ3n) is 0.262. The second-order valence-corrected chi connectivity index (χ2v) is 0.683. The van der Waals surface area contributed by atoms with Crippen LogP contribution < -0.4 is 24.0 Å². The quantitative estimate of drug-likeness (QED) is 0.250. The zero-order valence-corrected chi connectivity index (χ0v) is 4.43. The van der Waals surface area contributed by atoms with Gasteiger partial charge in [0, 0.05) is 6.61 Å². The topological polar surface area (TPSA) is 49.4 Å². The summed E-state index contributed by atoms with van der Waals surface area (Å²) in [5.74, 6) is 0. The van der Waals surface area contributed by atoms with Gasteiger partial charge in [-0.2, -0.15) is 0 Å². The van der Waals surface area contributed by atoms with E-state index in [4.69, 9.17) is 0 Å². The number of hydrogen-bond acceptors (Lipinski definition) is 3. The van der Waals surface area contributed by atoms with Gasteiger partial charge in [-0.3, -0.25) is 0 Å². The fourth-order valence-electron chi connectivity index (χ4n) is 0.118. The molecule has 0 radical (unpaired) electrons. The number of carboxylic acid groups (broad SMARTS) is 1. The first-order chi connectivity index (χ1) is 2.77. The molecule has 0 rings (SSSR count). The number of rotatable bonds is 1. The molecule has 0 aliphatic heterocycles. The van der Waals surface area contributed by atoms with Gasteiger partial charge < -0.3 is 14.6 Å². The number of carbonyl (C=O) groups excluding carboxylic acids is 1. The number of hydrogen-bond donors (Lipinski definition) is 0. The van der Waals surface area contributed by atoms with Gasteiger partial charge in [0.05, 0.1) is 0 Å². The molecule has 7 heavy (non-hydrogen) atoms. The molecule has 0 atom stereocenters. The Morgan fingerprint density at radius 3 is 2.29 bits per heavy atom. The van der Waals surface area contributed by atoms with Gasteiger partial charge in [0.15, 0.2) is 0 Å². The molecular weight excluding hydrogens is 91.0 g/mol. The average Bonchev–Trinajstić information content (AvgIpc) is 1.35. The molecule has 0 amide bonds. The summed E-state index contributed by atoms with van der Waals surface area (Å²) in [5, 5.41) is 9.27. The zero-order valence-electron chi connectivity index (χ0n) is 4.43. The first-order valence-electron chi connectivity index (χ1n) is 1.61. The first-order valence-corrected chi connectivity index (χ1v) is 1.61. The van der Waals surface area contributed by atoms with Crippen molar-refractivity contribution in [2.45, 2.75) is 6.92 Å². The fourth-order valence-corrected chi connectivity index (χ4v) is 0.118. The van der Waals surface area contributed by atoms with Crippen LogP contribution in [0.2, 0.25) is 0 Å². The molecule has 4 heteroatoms. The summed E-state index contributed by atoms with van der Waals surface area (Å²) in [7, 11) is 0. The van der Waals surface area contributed by atoms with Crippen LogP contribution in [-0.4, -0.2) is 12.8 Å².